The summed E-state index contributed by atoms with van der Waals surface area (Å²) in [5.74, 6) is -2.13. The van der Waals surface area contributed by atoms with Crippen LogP contribution in [0.4, 0.5) is 17.6 Å². The van der Waals surface area contributed by atoms with Gasteiger partial charge in [-0.25, -0.2) is 4.39 Å². The third-order valence-electron chi connectivity index (χ3n) is 3.20. The van der Waals surface area contributed by atoms with Crippen molar-refractivity contribution in [1.29, 1.82) is 0 Å². The molecule has 1 fully saturated rings. The van der Waals surface area contributed by atoms with E-state index >= 15 is 0 Å². The fraction of sp³-hybridized carbons (Fsp3) is 0.462. The lowest BCUT2D eigenvalue weighted by Crippen LogP contribution is -2.52. The van der Waals surface area contributed by atoms with E-state index in [1.54, 1.807) is 12.1 Å². The molecule has 0 aromatic heterocycles. The van der Waals surface area contributed by atoms with E-state index in [1.165, 1.54) is 12.1 Å². The van der Waals surface area contributed by atoms with Gasteiger partial charge in [0.1, 0.15) is 5.82 Å². The Morgan fingerprint density at radius 3 is 2.35 bits per heavy atom. The Bertz CT molecular complexity index is 482. The van der Waals surface area contributed by atoms with Gasteiger partial charge in [-0.1, -0.05) is 12.1 Å². The fourth-order valence-corrected chi connectivity index (χ4v) is 2.18. The van der Waals surface area contributed by atoms with Crippen LogP contribution in [0.25, 0.3) is 0 Å². The molecular weight excluding hydrogens is 276 g/mol. The van der Waals surface area contributed by atoms with E-state index in [1.807, 2.05) is 4.90 Å². The van der Waals surface area contributed by atoms with Crippen LogP contribution in [0.2, 0.25) is 0 Å². The first-order valence-electron chi connectivity index (χ1n) is 6.19. The standard InChI is InChI=1S/C13H14F4N2O/c14-11-3-1-2-10(8-11)9-18-4-6-19(7-5-18)12(20)13(15,16)17/h1-3,8H,4-7,9H2. The van der Waals surface area contributed by atoms with Crippen LogP contribution in [-0.2, 0) is 11.3 Å². The summed E-state index contributed by atoms with van der Waals surface area (Å²) < 4.78 is 49.9. The molecule has 110 valence electrons. The average Bonchev–Trinajstić information content (AvgIpc) is 2.38. The molecule has 0 bridgehead atoms. The van der Waals surface area contributed by atoms with Crippen LogP contribution >= 0.6 is 0 Å². The number of amides is 1. The Hall–Kier alpha value is -1.63. The summed E-state index contributed by atoms with van der Waals surface area (Å²) >= 11 is 0. The Kier molecular flexibility index (Phi) is 4.27. The van der Waals surface area contributed by atoms with Crippen LogP contribution in [0, 0.1) is 5.82 Å². The van der Waals surface area contributed by atoms with Crippen LogP contribution in [0.5, 0.6) is 0 Å². The second-order valence-electron chi connectivity index (χ2n) is 4.70. The quantitative estimate of drug-likeness (QED) is 0.778. The molecule has 1 aliphatic heterocycles. The van der Waals surface area contributed by atoms with Gasteiger partial charge >= 0.3 is 12.1 Å². The van der Waals surface area contributed by atoms with Gasteiger partial charge in [0.15, 0.2) is 0 Å². The third-order valence-corrected chi connectivity index (χ3v) is 3.20. The number of hydrogen-bond acceptors (Lipinski definition) is 2. The lowest BCUT2D eigenvalue weighted by atomic mass is 10.2. The summed E-state index contributed by atoms with van der Waals surface area (Å²) in [6, 6.07) is 6.08. The van der Waals surface area contributed by atoms with Crippen LogP contribution in [0.15, 0.2) is 24.3 Å². The molecule has 0 saturated carbocycles. The highest BCUT2D eigenvalue weighted by Gasteiger charge is 2.43. The Morgan fingerprint density at radius 2 is 1.80 bits per heavy atom. The van der Waals surface area contributed by atoms with Crippen molar-refractivity contribution in [2.24, 2.45) is 0 Å². The van der Waals surface area contributed by atoms with Crippen molar-refractivity contribution >= 4 is 5.91 Å². The molecule has 7 heteroatoms. The predicted molar refractivity (Wildman–Crippen MR) is 64.3 cm³/mol. The lowest BCUT2D eigenvalue weighted by Gasteiger charge is -2.34. The molecule has 0 unspecified atom stereocenters. The molecule has 0 N–H and O–H groups in total. The maximum absolute atomic E-state index is 13.0. The number of halogens is 4. The largest absolute Gasteiger partial charge is 0.471 e. The van der Waals surface area contributed by atoms with Crippen LogP contribution in [0.3, 0.4) is 0 Å². The minimum absolute atomic E-state index is 0.0354. The van der Waals surface area contributed by atoms with Gasteiger partial charge < -0.3 is 4.90 Å². The molecule has 1 saturated heterocycles. The van der Waals surface area contributed by atoms with Crippen molar-refractivity contribution < 1.29 is 22.4 Å². The zero-order chi connectivity index (χ0) is 14.8. The Balaban J connectivity index is 1.87. The number of rotatable bonds is 2. The van der Waals surface area contributed by atoms with E-state index in [0.717, 1.165) is 10.5 Å². The van der Waals surface area contributed by atoms with Gasteiger partial charge in [0.2, 0.25) is 0 Å². The maximum Gasteiger partial charge on any atom is 0.471 e. The van der Waals surface area contributed by atoms with Crippen molar-refractivity contribution in [2.75, 3.05) is 26.2 Å². The van der Waals surface area contributed by atoms with Gasteiger partial charge in [-0.3, -0.25) is 9.69 Å². The number of piperazine rings is 1. The minimum Gasteiger partial charge on any atom is -0.332 e. The summed E-state index contributed by atoms with van der Waals surface area (Å²) in [5.41, 5.74) is 0.764. The summed E-state index contributed by atoms with van der Waals surface area (Å²) in [6.45, 7) is 1.23. The molecular formula is C13H14F4N2O. The Morgan fingerprint density at radius 1 is 1.15 bits per heavy atom. The van der Waals surface area contributed by atoms with Gasteiger partial charge in [0.25, 0.3) is 0 Å². The smallest absolute Gasteiger partial charge is 0.332 e. The molecule has 0 radical (unpaired) electrons. The van der Waals surface area contributed by atoms with Crippen molar-refractivity contribution in [1.82, 2.24) is 9.80 Å². The van der Waals surface area contributed by atoms with Crippen molar-refractivity contribution in [2.45, 2.75) is 12.7 Å². The molecule has 1 heterocycles. The maximum atomic E-state index is 13.0. The van der Waals surface area contributed by atoms with Crippen molar-refractivity contribution in [3.05, 3.63) is 35.6 Å². The van der Waals surface area contributed by atoms with E-state index in [2.05, 4.69) is 0 Å². The molecule has 1 aromatic carbocycles. The first-order chi connectivity index (χ1) is 9.36. The van der Waals surface area contributed by atoms with Crippen LogP contribution in [0.1, 0.15) is 5.56 Å². The first-order valence-corrected chi connectivity index (χ1v) is 6.19. The van der Waals surface area contributed by atoms with E-state index < -0.39 is 12.1 Å². The van der Waals surface area contributed by atoms with Gasteiger partial charge in [-0.05, 0) is 17.7 Å². The highest BCUT2D eigenvalue weighted by atomic mass is 19.4. The molecule has 0 spiro atoms. The number of carbonyl (C=O) groups is 1. The highest BCUT2D eigenvalue weighted by Crippen LogP contribution is 2.20. The molecule has 1 aliphatic rings. The molecule has 0 aliphatic carbocycles. The Labute approximate surface area is 113 Å². The second kappa shape index (κ2) is 5.78. The molecule has 2 rings (SSSR count). The fourth-order valence-electron chi connectivity index (χ4n) is 2.18. The normalized spacial score (nSPS) is 17.3. The van der Waals surface area contributed by atoms with E-state index in [-0.39, 0.29) is 18.9 Å². The zero-order valence-electron chi connectivity index (χ0n) is 10.7. The topological polar surface area (TPSA) is 23.6 Å². The third kappa shape index (κ3) is 3.69. The lowest BCUT2D eigenvalue weighted by molar-refractivity contribution is -0.187. The van der Waals surface area contributed by atoms with Crippen molar-refractivity contribution in [3.63, 3.8) is 0 Å². The van der Waals surface area contributed by atoms with E-state index in [4.69, 9.17) is 0 Å². The number of benzene rings is 1. The van der Waals surface area contributed by atoms with Crippen LogP contribution in [-0.4, -0.2) is 48.1 Å². The summed E-state index contributed by atoms with van der Waals surface area (Å²) in [5, 5.41) is 0. The number of nitrogens with zero attached hydrogens (tertiary/aromatic N) is 2. The molecule has 1 aromatic rings. The SMILES string of the molecule is O=C(N1CCN(Cc2cccc(F)c2)CC1)C(F)(F)F. The minimum atomic E-state index is -4.81. The number of hydrogen-bond donors (Lipinski definition) is 0. The van der Waals surface area contributed by atoms with Gasteiger partial charge in [-0.15, -0.1) is 0 Å². The summed E-state index contributed by atoms with van der Waals surface area (Å²) in [6.07, 6.45) is -4.81. The number of carbonyl (C=O) groups excluding carboxylic acids is 1. The zero-order valence-corrected chi connectivity index (χ0v) is 10.7. The number of alkyl halides is 3. The molecule has 20 heavy (non-hydrogen) atoms. The van der Waals surface area contributed by atoms with Crippen molar-refractivity contribution in [3.8, 4) is 0 Å². The highest BCUT2D eigenvalue weighted by molar-refractivity contribution is 5.81. The first kappa shape index (κ1) is 14.8. The molecule has 3 nitrogen and oxygen atoms in total. The van der Waals surface area contributed by atoms with E-state index in [9.17, 15) is 22.4 Å². The average molecular weight is 290 g/mol. The molecule has 1 amide bonds. The predicted octanol–water partition coefficient (Wildman–Crippen LogP) is 2.03. The second-order valence-corrected chi connectivity index (χ2v) is 4.70. The molecule has 0 atom stereocenters. The van der Waals surface area contributed by atoms with Gasteiger partial charge in [0.05, 0.1) is 0 Å². The summed E-state index contributed by atoms with van der Waals surface area (Å²) in [7, 11) is 0. The monoisotopic (exact) mass is 290 g/mol. The van der Waals surface area contributed by atoms with Crippen LogP contribution < -0.4 is 0 Å². The van der Waals surface area contributed by atoms with Gasteiger partial charge in [-0.2, -0.15) is 13.2 Å². The summed E-state index contributed by atoms with van der Waals surface area (Å²) in [4.78, 5) is 13.8. The van der Waals surface area contributed by atoms with Gasteiger partial charge in [0, 0.05) is 32.7 Å². The van der Waals surface area contributed by atoms with E-state index in [0.29, 0.717) is 19.6 Å².